The van der Waals surface area contributed by atoms with Crippen molar-refractivity contribution >= 4 is 11.8 Å². The van der Waals surface area contributed by atoms with Gasteiger partial charge in [0, 0.05) is 13.6 Å². The van der Waals surface area contributed by atoms with Crippen molar-refractivity contribution in [2.24, 2.45) is 5.92 Å². The molecular formula is C16H21FN2O3. The lowest BCUT2D eigenvalue weighted by Crippen LogP contribution is -2.53. The maximum absolute atomic E-state index is 13.1. The molecule has 1 saturated heterocycles. The normalized spacial score (nSPS) is 22.0. The first-order chi connectivity index (χ1) is 10.4. The van der Waals surface area contributed by atoms with Crippen molar-refractivity contribution in [2.75, 3.05) is 20.2 Å². The molecule has 120 valence electrons. The number of halogens is 1. The van der Waals surface area contributed by atoms with Crippen molar-refractivity contribution in [3.05, 3.63) is 35.6 Å². The second kappa shape index (κ2) is 6.87. The van der Waals surface area contributed by atoms with Gasteiger partial charge < -0.3 is 15.0 Å². The number of carbonyl (C=O) groups excluding carboxylic acids is 2. The van der Waals surface area contributed by atoms with E-state index in [9.17, 15) is 14.0 Å². The summed E-state index contributed by atoms with van der Waals surface area (Å²) in [6.07, 6.45) is -0.799. The summed E-state index contributed by atoms with van der Waals surface area (Å²) in [5.41, 5.74) is 0.668. The molecule has 1 fully saturated rings. The Labute approximate surface area is 129 Å². The number of likely N-dealkylation sites (N-methyl/N-ethyl adjacent to an activating group) is 1. The fourth-order valence-corrected chi connectivity index (χ4v) is 2.39. The van der Waals surface area contributed by atoms with Gasteiger partial charge in [-0.1, -0.05) is 26.0 Å². The maximum Gasteiger partial charge on any atom is 0.251 e. The van der Waals surface area contributed by atoms with Crippen molar-refractivity contribution in [3.8, 4) is 0 Å². The molecule has 0 radical (unpaired) electrons. The number of hydrogen-bond donors (Lipinski definition) is 1. The Hall–Kier alpha value is -1.95. The first-order valence-corrected chi connectivity index (χ1v) is 7.30. The third-order valence-corrected chi connectivity index (χ3v) is 3.64. The van der Waals surface area contributed by atoms with Crippen molar-refractivity contribution in [1.82, 2.24) is 10.2 Å². The second-order valence-electron chi connectivity index (χ2n) is 5.87. The molecule has 0 spiro atoms. The van der Waals surface area contributed by atoms with Crippen LogP contribution >= 0.6 is 0 Å². The topological polar surface area (TPSA) is 58.6 Å². The number of nitrogens with one attached hydrogen (secondary N) is 1. The monoisotopic (exact) mass is 308 g/mol. The van der Waals surface area contributed by atoms with E-state index < -0.39 is 12.1 Å². The van der Waals surface area contributed by atoms with E-state index in [1.165, 1.54) is 17.0 Å². The summed E-state index contributed by atoms with van der Waals surface area (Å²) < 4.78 is 18.6. The Morgan fingerprint density at radius 1 is 1.41 bits per heavy atom. The molecule has 1 aliphatic heterocycles. The lowest BCUT2D eigenvalue weighted by molar-refractivity contribution is -0.162. The molecular weight excluding hydrogens is 287 g/mol. The largest absolute Gasteiger partial charge is 0.356 e. The van der Waals surface area contributed by atoms with Crippen LogP contribution < -0.4 is 5.32 Å². The van der Waals surface area contributed by atoms with Gasteiger partial charge in [-0.25, -0.2) is 4.39 Å². The highest BCUT2D eigenvalue weighted by molar-refractivity contribution is 5.86. The number of hydrogen-bond acceptors (Lipinski definition) is 3. The molecule has 0 unspecified atom stereocenters. The van der Waals surface area contributed by atoms with Gasteiger partial charge in [-0.2, -0.15) is 0 Å². The lowest BCUT2D eigenvalue weighted by Gasteiger charge is -2.38. The molecule has 22 heavy (non-hydrogen) atoms. The van der Waals surface area contributed by atoms with E-state index in [2.05, 4.69) is 5.32 Å². The summed E-state index contributed by atoms with van der Waals surface area (Å²) >= 11 is 0. The molecule has 2 atom stereocenters. The van der Waals surface area contributed by atoms with Gasteiger partial charge in [0.05, 0.1) is 6.04 Å². The first kappa shape index (κ1) is 16.4. The fourth-order valence-electron chi connectivity index (χ4n) is 2.39. The van der Waals surface area contributed by atoms with Gasteiger partial charge in [0.1, 0.15) is 12.4 Å². The minimum absolute atomic E-state index is 0.131. The van der Waals surface area contributed by atoms with Crippen LogP contribution in [0, 0.1) is 11.7 Å². The molecule has 5 nitrogen and oxygen atoms in total. The van der Waals surface area contributed by atoms with Crippen molar-refractivity contribution in [3.63, 3.8) is 0 Å². The van der Waals surface area contributed by atoms with E-state index in [1.807, 2.05) is 13.8 Å². The van der Waals surface area contributed by atoms with Gasteiger partial charge in [0.15, 0.2) is 6.10 Å². The zero-order valence-corrected chi connectivity index (χ0v) is 13.0. The lowest BCUT2D eigenvalue weighted by atomic mass is 9.97. The van der Waals surface area contributed by atoms with Crippen LogP contribution in [0.5, 0.6) is 0 Å². The number of benzene rings is 1. The van der Waals surface area contributed by atoms with Crippen LogP contribution in [0.3, 0.4) is 0 Å². The summed E-state index contributed by atoms with van der Waals surface area (Å²) in [5.74, 6) is -0.518. The summed E-state index contributed by atoms with van der Waals surface area (Å²) in [5, 5.41) is 2.82. The number of ether oxygens (including phenoxy) is 1. The van der Waals surface area contributed by atoms with E-state index in [0.717, 1.165) is 0 Å². The molecule has 2 rings (SSSR count). The van der Waals surface area contributed by atoms with E-state index >= 15 is 0 Å². The standard InChI is InChI=1S/C16H21FN2O3/c1-10(2)8-18-16(21)15-14(19(3)13(20)9-22-15)11-4-6-12(17)7-5-11/h4-7,10,14-15H,8-9H2,1-3H3,(H,18,21)/t14-,15-/m1/s1. The summed E-state index contributed by atoms with van der Waals surface area (Å²) in [6.45, 7) is 4.39. The van der Waals surface area contributed by atoms with Crippen LogP contribution in [0.4, 0.5) is 4.39 Å². The van der Waals surface area contributed by atoms with Gasteiger partial charge in [0.2, 0.25) is 5.91 Å². The predicted octanol–water partition coefficient (Wildman–Crippen LogP) is 1.50. The van der Waals surface area contributed by atoms with E-state index in [-0.39, 0.29) is 24.2 Å². The molecule has 1 aliphatic rings. The smallest absolute Gasteiger partial charge is 0.251 e. The minimum Gasteiger partial charge on any atom is -0.356 e. The minimum atomic E-state index is -0.799. The van der Waals surface area contributed by atoms with Crippen molar-refractivity contribution < 1.29 is 18.7 Å². The van der Waals surface area contributed by atoms with Crippen LogP contribution in [-0.4, -0.2) is 43.0 Å². The summed E-state index contributed by atoms with van der Waals surface area (Å²) in [7, 11) is 1.63. The second-order valence-corrected chi connectivity index (χ2v) is 5.87. The van der Waals surface area contributed by atoms with Crippen LogP contribution in [-0.2, 0) is 14.3 Å². The SMILES string of the molecule is CC(C)CNC(=O)[C@@H]1OCC(=O)N(C)[C@@H]1c1ccc(F)cc1. The summed E-state index contributed by atoms with van der Waals surface area (Å²) in [6, 6.07) is 5.20. The molecule has 2 amide bonds. The quantitative estimate of drug-likeness (QED) is 0.917. The highest BCUT2D eigenvalue weighted by Crippen LogP contribution is 2.29. The number of nitrogens with zero attached hydrogens (tertiary/aromatic N) is 1. The van der Waals surface area contributed by atoms with Gasteiger partial charge >= 0.3 is 0 Å². The Balaban J connectivity index is 2.24. The number of rotatable bonds is 4. The summed E-state index contributed by atoms with van der Waals surface area (Å²) in [4.78, 5) is 25.7. The first-order valence-electron chi connectivity index (χ1n) is 7.30. The van der Waals surface area contributed by atoms with E-state index in [1.54, 1.807) is 19.2 Å². The van der Waals surface area contributed by atoms with Crippen LogP contribution in [0.2, 0.25) is 0 Å². The molecule has 1 aromatic carbocycles. The molecule has 1 heterocycles. The van der Waals surface area contributed by atoms with Crippen molar-refractivity contribution in [2.45, 2.75) is 26.0 Å². The highest BCUT2D eigenvalue weighted by Gasteiger charge is 2.39. The third kappa shape index (κ3) is 3.62. The Kier molecular flexibility index (Phi) is 5.13. The van der Waals surface area contributed by atoms with E-state index in [0.29, 0.717) is 18.0 Å². The molecule has 0 aromatic heterocycles. The average molecular weight is 308 g/mol. The Bertz CT molecular complexity index is 545. The average Bonchev–Trinajstić information content (AvgIpc) is 2.48. The van der Waals surface area contributed by atoms with Gasteiger partial charge in [-0.05, 0) is 23.6 Å². The van der Waals surface area contributed by atoms with Crippen LogP contribution in [0.1, 0.15) is 25.5 Å². The number of morpholine rings is 1. The molecule has 0 bridgehead atoms. The zero-order chi connectivity index (χ0) is 16.3. The molecule has 0 saturated carbocycles. The zero-order valence-electron chi connectivity index (χ0n) is 13.0. The molecule has 0 aliphatic carbocycles. The molecule has 6 heteroatoms. The third-order valence-electron chi connectivity index (χ3n) is 3.64. The molecule has 1 aromatic rings. The maximum atomic E-state index is 13.1. The molecule has 1 N–H and O–H groups in total. The predicted molar refractivity (Wildman–Crippen MR) is 79.5 cm³/mol. The van der Waals surface area contributed by atoms with Crippen LogP contribution in [0.25, 0.3) is 0 Å². The highest BCUT2D eigenvalue weighted by atomic mass is 19.1. The number of carbonyl (C=O) groups is 2. The van der Waals surface area contributed by atoms with Gasteiger partial charge in [0.25, 0.3) is 5.91 Å². The Morgan fingerprint density at radius 2 is 2.05 bits per heavy atom. The van der Waals surface area contributed by atoms with Crippen molar-refractivity contribution in [1.29, 1.82) is 0 Å². The van der Waals surface area contributed by atoms with E-state index in [4.69, 9.17) is 4.74 Å². The van der Waals surface area contributed by atoms with Gasteiger partial charge in [-0.15, -0.1) is 0 Å². The van der Waals surface area contributed by atoms with Crippen LogP contribution in [0.15, 0.2) is 24.3 Å². The Morgan fingerprint density at radius 3 is 2.64 bits per heavy atom. The number of amides is 2. The van der Waals surface area contributed by atoms with Gasteiger partial charge in [-0.3, -0.25) is 9.59 Å². The fraction of sp³-hybridized carbons (Fsp3) is 0.500.